The maximum absolute atomic E-state index is 4.47. The minimum atomic E-state index is 0.489. The van der Waals surface area contributed by atoms with E-state index in [9.17, 15) is 0 Å². The van der Waals surface area contributed by atoms with Crippen molar-refractivity contribution in [2.45, 2.75) is 38.8 Å². The van der Waals surface area contributed by atoms with Crippen LogP contribution in [0.2, 0.25) is 0 Å². The number of aryl methyl sites for hydroxylation is 1. The van der Waals surface area contributed by atoms with Crippen LogP contribution in [0.25, 0.3) is 0 Å². The molecule has 1 N–H and O–H groups in total. The molecule has 1 saturated heterocycles. The summed E-state index contributed by atoms with van der Waals surface area (Å²) in [6, 6.07) is 2.48. The Balaban J connectivity index is 1.29. The van der Waals surface area contributed by atoms with E-state index < -0.39 is 0 Å². The van der Waals surface area contributed by atoms with Crippen molar-refractivity contribution in [1.29, 1.82) is 0 Å². The summed E-state index contributed by atoms with van der Waals surface area (Å²) >= 11 is 0. The summed E-state index contributed by atoms with van der Waals surface area (Å²) in [4.78, 5) is 19.5. The lowest BCUT2D eigenvalue weighted by Crippen LogP contribution is -2.46. The van der Waals surface area contributed by atoms with Crippen LogP contribution in [0, 0.1) is 12.3 Å². The molecule has 1 aliphatic carbocycles. The van der Waals surface area contributed by atoms with E-state index >= 15 is 0 Å². The molecule has 2 aromatic rings. The smallest absolute Gasteiger partial charge is 0.129 e. The Bertz CT molecular complexity index is 651. The lowest BCUT2D eigenvalue weighted by atomic mass is 9.65. The Labute approximate surface area is 136 Å². The van der Waals surface area contributed by atoms with Crippen molar-refractivity contribution >= 4 is 5.82 Å². The van der Waals surface area contributed by atoms with Crippen molar-refractivity contribution in [2.24, 2.45) is 5.41 Å². The zero-order valence-electron chi connectivity index (χ0n) is 13.4. The van der Waals surface area contributed by atoms with Gasteiger partial charge < -0.3 is 5.32 Å². The number of rotatable bonds is 4. The Morgan fingerprint density at radius 3 is 2.91 bits per heavy atom. The predicted molar refractivity (Wildman–Crippen MR) is 87.8 cm³/mol. The second-order valence-electron chi connectivity index (χ2n) is 6.95. The van der Waals surface area contributed by atoms with Crippen LogP contribution in [0.1, 0.15) is 30.7 Å². The Kier molecular flexibility index (Phi) is 3.69. The number of likely N-dealkylation sites (tertiary alicyclic amines) is 1. The van der Waals surface area contributed by atoms with Gasteiger partial charge in [0.25, 0.3) is 0 Å². The molecular formula is C17H22N6. The topological polar surface area (TPSA) is 66.8 Å². The van der Waals surface area contributed by atoms with Crippen LogP contribution in [-0.4, -0.2) is 44.0 Å². The van der Waals surface area contributed by atoms with E-state index in [1.165, 1.54) is 25.8 Å². The highest BCUT2D eigenvalue weighted by molar-refractivity contribution is 5.34. The number of hydrogen-bond acceptors (Lipinski definition) is 6. The van der Waals surface area contributed by atoms with Crippen molar-refractivity contribution in [3.05, 3.63) is 42.4 Å². The Morgan fingerprint density at radius 1 is 1.26 bits per heavy atom. The lowest BCUT2D eigenvalue weighted by Gasteiger charge is -2.45. The maximum atomic E-state index is 4.47. The molecule has 2 fully saturated rings. The first-order valence-corrected chi connectivity index (χ1v) is 8.23. The van der Waals surface area contributed by atoms with Crippen molar-refractivity contribution in [3.8, 4) is 0 Å². The molecule has 6 nitrogen and oxygen atoms in total. The SMILES string of the molecule is Cc1cnc(CN2CCC3(CC(Nc4ccncn4)C3)C2)cn1. The standard InChI is InChI=1S/C17H22N6/c1-13-8-20-15(9-19-13)10-23-5-3-17(11-23)6-14(7-17)22-16-2-4-18-12-21-16/h2,4,8-9,12,14H,3,5-7,10-11H2,1H3,(H,18,21,22). The number of nitrogens with one attached hydrogen (secondary N) is 1. The average molecular weight is 310 g/mol. The van der Waals surface area contributed by atoms with Crippen LogP contribution < -0.4 is 5.32 Å². The van der Waals surface area contributed by atoms with Gasteiger partial charge in [0.15, 0.2) is 0 Å². The zero-order valence-corrected chi connectivity index (χ0v) is 13.4. The second-order valence-corrected chi connectivity index (χ2v) is 6.95. The summed E-state index contributed by atoms with van der Waals surface area (Å²) in [7, 11) is 0. The third-order valence-electron chi connectivity index (χ3n) is 5.03. The van der Waals surface area contributed by atoms with Gasteiger partial charge in [-0.3, -0.25) is 14.9 Å². The van der Waals surface area contributed by atoms with Crippen molar-refractivity contribution < 1.29 is 0 Å². The molecule has 0 aromatic carbocycles. The number of hydrogen-bond donors (Lipinski definition) is 1. The van der Waals surface area contributed by atoms with Gasteiger partial charge in [-0.2, -0.15) is 0 Å². The van der Waals surface area contributed by atoms with Crippen molar-refractivity contribution in [3.63, 3.8) is 0 Å². The molecule has 2 aliphatic rings. The first-order valence-electron chi connectivity index (χ1n) is 8.23. The Hall–Kier alpha value is -2.08. The number of nitrogens with zero attached hydrogens (tertiary/aromatic N) is 5. The number of anilines is 1. The summed E-state index contributed by atoms with van der Waals surface area (Å²) < 4.78 is 0. The van der Waals surface area contributed by atoms with E-state index in [0.29, 0.717) is 11.5 Å². The first kappa shape index (κ1) is 14.5. The fourth-order valence-corrected chi connectivity index (χ4v) is 3.90. The maximum Gasteiger partial charge on any atom is 0.129 e. The summed E-state index contributed by atoms with van der Waals surface area (Å²) in [5, 5.41) is 3.51. The van der Waals surface area contributed by atoms with Gasteiger partial charge in [-0.25, -0.2) is 9.97 Å². The minimum Gasteiger partial charge on any atom is -0.367 e. The van der Waals surface area contributed by atoms with Crippen molar-refractivity contribution in [1.82, 2.24) is 24.8 Å². The fraction of sp³-hybridized carbons (Fsp3) is 0.529. The molecule has 0 bridgehead atoms. The van der Waals surface area contributed by atoms with Crippen LogP contribution in [-0.2, 0) is 6.54 Å². The highest BCUT2D eigenvalue weighted by atomic mass is 15.2. The third kappa shape index (κ3) is 3.17. The van der Waals surface area contributed by atoms with Crippen LogP contribution >= 0.6 is 0 Å². The quantitative estimate of drug-likeness (QED) is 0.932. The molecule has 0 radical (unpaired) electrons. The molecule has 1 spiro atoms. The normalized spacial score (nSPS) is 27.1. The van der Waals surface area contributed by atoms with Gasteiger partial charge >= 0.3 is 0 Å². The molecular weight excluding hydrogens is 288 g/mol. The zero-order chi connectivity index (χ0) is 15.7. The fourth-order valence-electron chi connectivity index (χ4n) is 3.90. The monoisotopic (exact) mass is 310 g/mol. The van der Waals surface area contributed by atoms with E-state index in [-0.39, 0.29) is 0 Å². The van der Waals surface area contributed by atoms with E-state index in [1.54, 1.807) is 12.5 Å². The molecule has 3 heterocycles. The van der Waals surface area contributed by atoms with Gasteiger partial charge in [0.2, 0.25) is 0 Å². The highest BCUT2D eigenvalue weighted by Gasteiger charge is 2.48. The molecule has 23 heavy (non-hydrogen) atoms. The summed E-state index contributed by atoms with van der Waals surface area (Å²) in [6.07, 6.45) is 10.9. The predicted octanol–water partition coefficient (Wildman–Crippen LogP) is 2.04. The molecule has 1 aliphatic heterocycles. The van der Waals surface area contributed by atoms with E-state index in [4.69, 9.17) is 0 Å². The summed E-state index contributed by atoms with van der Waals surface area (Å²) in [5.74, 6) is 0.935. The van der Waals surface area contributed by atoms with Gasteiger partial charge in [-0.1, -0.05) is 0 Å². The van der Waals surface area contributed by atoms with Gasteiger partial charge in [-0.05, 0) is 44.2 Å². The number of aromatic nitrogens is 4. The van der Waals surface area contributed by atoms with Crippen LogP contribution in [0.5, 0.6) is 0 Å². The van der Waals surface area contributed by atoms with Crippen LogP contribution in [0.3, 0.4) is 0 Å². The minimum absolute atomic E-state index is 0.489. The summed E-state index contributed by atoms with van der Waals surface area (Å²) in [6.45, 7) is 5.22. The summed E-state index contributed by atoms with van der Waals surface area (Å²) in [5.41, 5.74) is 2.54. The van der Waals surface area contributed by atoms with Crippen molar-refractivity contribution in [2.75, 3.05) is 18.4 Å². The van der Waals surface area contributed by atoms with E-state index in [0.717, 1.165) is 30.3 Å². The molecule has 0 amide bonds. The van der Waals surface area contributed by atoms with Gasteiger partial charge in [-0.15, -0.1) is 0 Å². The molecule has 4 rings (SSSR count). The average Bonchev–Trinajstić information content (AvgIpc) is 2.94. The van der Waals surface area contributed by atoms with Gasteiger partial charge in [0.1, 0.15) is 12.1 Å². The molecule has 120 valence electrons. The molecule has 6 heteroatoms. The van der Waals surface area contributed by atoms with Gasteiger partial charge in [0, 0.05) is 37.7 Å². The molecule has 0 unspecified atom stereocenters. The van der Waals surface area contributed by atoms with E-state index in [2.05, 4.69) is 30.2 Å². The van der Waals surface area contributed by atoms with Crippen LogP contribution in [0.4, 0.5) is 5.82 Å². The second kappa shape index (κ2) is 5.85. The van der Waals surface area contributed by atoms with E-state index in [1.807, 2.05) is 25.4 Å². The largest absolute Gasteiger partial charge is 0.367 e. The van der Waals surface area contributed by atoms with Crippen LogP contribution in [0.15, 0.2) is 31.0 Å². The highest BCUT2D eigenvalue weighted by Crippen LogP contribution is 2.49. The molecule has 2 aromatic heterocycles. The lowest BCUT2D eigenvalue weighted by molar-refractivity contribution is 0.119. The third-order valence-corrected chi connectivity index (χ3v) is 5.03. The Morgan fingerprint density at radius 2 is 2.17 bits per heavy atom. The molecule has 1 saturated carbocycles. The first-order chi connectivity index (χ1) is 11.2. The molecule has 0 atom stereocenters. The van der Waals surface area contributed by atoms with Gasteiger partial charge in [0.05, 0.1) is 11.4 Å².